The molecule has 82 valence electrons. The molecule has 0 aliphatic carbocycles. The molecule has 16 heavy (non-hydrogen) atoms. The number of aromatic nitrogens is 2. The summed E-state index contributed by atoms with van der Waals surface area (Å²) in [6.45, 7) is 2.04. The van der Waals surface area contributed by atoms with E-state index in [-0.39, 0.29) is 5.28 Å². The van der Waals surface area contributed by atoms with E-state index in [9.17, 15) is 0 Å². The Labute approximate surface area is 108 Å². The third-order valence-electron chi connectivity index (χ3n) is 1.89. The lowest BCUT2D eigenvalue weighted by atomic mass is 10.2. The minimum absolute atomic E-state index is 0.208. The van der Waals surface area contributed by atoms with Crippen LogP contribution >= 0.6 is 35.0 Å². The third kappa shape index (κ3) is 2.88. The average molecular weight is 271 g/mol. The Morgan fingerprint density at radius 1 is 1.25 bits per heavy atom. The highest BCUT2D eigenvalue weighted by molar-refractivity contribution is 7.99. The lowest BCUT2D eigenvalue weighted by molar-refractivity contribution is 1.05. The van der Waals surface area contributed by atoms with Crippen LogP contribution in [-0.4, -0.2) is 9.97 Å². The number of hydrogen-bond acceptors (Lipinski definition) is 3. The number of aryl methyl sites for hydroxylation is 1. The van der Waals surface area contributed by atoms with Gasteiger partial charge in [0, 0.05) is 4.90 Å². The van der Waals surface area contributed by atoms with E-state index >= 15 is 0 Å². The van der Waals surface area contributed by atoms with Gasteiger partial charge in [-0.2, -0.15) is 0 Å². The molecule has 0 atom stereocenters. The highest BCUT2D eigenvalue weighted by atomic mass is 35.5. The van der Waals surface area contributed by atoms with Crippen LogP contribution in [0.2, 0.25) is 10.3 Å². The standard InChI is InChI=1S/C11H8Cl2N2S/c1-7-3-2-4-8(5-7)16-10-9(12)6-14-11(13)15-10/h2-6H,1H3. The van der Waals surface area contributed by atoms with Gasteiger partial charge in [0.25, 0.3) is 0 Å². The SMILES string of the molecule is Cc1cccc(Sc2nc(Cl)ncc2Cl)c1. The molecular formula is C11H8Cl2N2S. The fourth-order valence-corrected chi connectivity index (χ4v) is 2.48. The molecule has 1 aromatic carbocycles. The van der Waals surface area contributed by atoms with Crippen molar-refractivity contribution in [3.8, 4) is 0 Å². The van der Waals surface area contributed by atoms with Crippen LogP contribution < -0.4 is 0 Å². The molecular weight excluding hydrogens is 263 g/mol. The summed E-state index contributed by atoms with van der Waals surface area (Å²) in [5.41, 5.74) is 1.20. The molecule has 0 fully saturated rings. The predicted octanol–water partition coefficient (Wildman–Crippen LogP) is 4.24. The van der Waals surface area contributed by atoms with Crippen molar-refractivity contribution in [1.29, 1.82) is 0 Å². The van der Waals surface area contributed by atoms with E-state index < -0.39 is 0 Å². The van der Waals surface area contributed by atoms with Crippen LogP contribution in [0.25, 0.3) is 0 Å². The smallest absolute Gasteiger partial charge is 0.223 e. The quantitative estimate of drug-likeness (QED) is 0.603. The van der Waals surface area contributed by atoms with Gasteiger partial charge in [-0.3, -0.25) is 0 Å². The van der Waals surface area contributed by atoms with Crippen molar-refractivity contribution >= 4 is 35.0 Å². The summed E-state index contributed by atoms with van der Waals surface area (Å²) in [6, 6.07) is 8.11. The second-order valence-electron chi connectivity index (χ2n) is 3.21. The third-order valence-corrected chi connectivity index (χ3v) is 3.45. The Bertz CT molecular complexity index is 517. The first-order valence-corrected chi connectivity index (χ1v) is 6.15. The van der Waals surface area contributed by atoms with Crippen molar-refractivity contribution in [3.05, 3.63) is 46.3 Å². The van der Waals surface area contributed by atoms with Crippen LogP contribution in [0.5, 0.6) is 0 Å². The predicted molar refractivity (Wildman–Crippen MR) is 67.4 cm³/mol. The Hall–Kier alpha value is -0.770. The van der Waals surface area contributed by atoms with Gasteiger partial charge in [-0.1, -0.05) is 41.1 Å². The Morgan fingerprint density at radius 3 is 2.81 bits per heavy atom. The summed E-state index contributed by atoms with van der Waals surface area (Å²) in [5, 5.41) is 1.39. The van der Waals surface area contributed by atoms with Crippen LogP contribution in [0.15, 0.2) is 40.4 Å². The molecule has 5 heteroatoms. The zero-order valence-electron chi connectivity index (χ0n) is 8.45. The highest BCUT2D eigenvalue weighted by Gasteiger charge is 2.06. The van der Waals surface area contributed by atoms with Crippen molar-refractivity contribution < 1.29 is 0 Å². The lowest BCUT2D eigenvalue weighted by Crippen LogP contribution is -1.86. The van der Waals surface area contributed by atoms with Gasteiger partial charge in [-0.05, 0) is 30.7 Å². The van der Waals surface area contributed by atoms with E-state index in [1.54, 1.807) is 0 Å². The molecule has 0 N–H and O–H groups in total. The van der Waals surface area contributed by atoms with Crippen LogP contribution in [0.3, 0.4) is 0 Å². The molecule has 0 spiro atoms. The Morgan fingerprint density at radius 2 is 2.06 bits per heavy atom. The fraction of sp³-hybridized carbons (Fsp3) is 0.0909. The van der Waals surface area contributed by atoms with Crippen molar-refractivity contribution in [3.63, 3.8) is 0 Å². The molecule has 0 saturated carbocycles. The summed E-state index contributed by atoms with van der Waals surface area (Å²) in [4.78, 5) is 8.97. The van der Waals surface area contributed by atoms with Crippen LogP contribution in [0, 0.1) is 6.92 Å². The van der Waals surface area contributed by atoms with E-state index in [0.717, 1.165) is 4.90 Å². The van der Waals surface area contributed by atoms with Gasteiger partial charge in [0.1, 0.15) is 5.03 Å². The molecule has 0 aliphatic heterocycles. The second-order valence-corrected chi connectivity index (χ2v) is 5.02. The van der Waals surface area contributed by atoms with Crippen LogP contribution in [-0.2, 0) is 0 Å². The maximum Gasteiger partial charge on any atom is 0.223 e. The molecule has 1 aromatic heterocycles. The van der Waals surface area contributed by atoms with Crippen molar-refractivity contribution in [2.45, 2.75) is 16.8 Å². The second kappa shape index (κ2) is 5.04. The van der Waals surface area contributed by atoms with E-state index in [1.165, 1.54) is 23.5 Å². The Kier molecular flexibility index (Phi) is 3.69. The molecule has 1 heterocycles. The first-order valence-electron chi connectivity index (χ1n) is 4.58. The summed E-state index contributed by atoms with van der Waals surface area (Å²) >= 11 is 13.2. The monoisotopic (exact) mass is 270 g/mol. The van der Waals surface area contributed by atoms with Crippen LogP contribution in [0.4, 0.5) is 0 Å². The molecule has 0 saturated heterocycles. The van der Waals surface area contributed by atoms with Gasteiger partial charge in [-0.15, -0.1) is 0 Å². The first kappa shape index (κ1) is 11.7. The summed E-state index contributed by atoms with van der Waals surface area (Å²) in [6.07, 6.45) is 1.51. The number of hydrogen-bond donors (Lipinski definition) is 0. The molecule has 0 unspecified atom stereocenters. The van der Waals surface area contributed by atoms with Gasteiger partial charge in [0.2, 0.25) is 5.28 Å². The summed E-state index contributed by atoms with van der Waals surface area (Å²) in [7, 11) is 0. The zero-order chi connectivity index (χ0) is 11.5. The highest BCUT2D eigenvalue weighted by Crippen LogP contribution is 2.31. The van der Waals surface area contributed by atoms with Gasteiger partial charge < -0.3 is 0 Å². The van der Waals surface area contributed by atoms with E-state index in [2.05, 4.69) is 16.0 Å². The zero-order valence-corrected chi connectivity index (χ0v) is 10.8. The largest absolute Gasteiger partial charge is 0.225 e. The lowest BCUT2D eigenvalue weighted by Gasteiger charge is -2.03. The number of benzene rings is 1. The first-order chi connectivity index (χ1) is 7.65. The number of rotatable bonds is 2. The molecule has 2 rings (SSSR count). The normalized spacial score (nSPS) is 10.4. The fourth-order valence-electron chi connectivity index (χ4n) is 1.19. The summed E-state index contributed by atoms with van der Waals surface area (Å²) in [5.74, 6) is 0. The molecule has 0 radical (unpaired) electrons. The number of nitrogens with zero attached hydrogens (tertiary/aromatic N) is 2. The van der Waals surface area contributed by atoms with Gasteiger partial charge in [-0.25, -0.2) is 9.97 Å². The Balaban J connectivity index is 2.30. The molecule has 0 amide bonds. The molecule has 0 aliphatic rings. The van der Waals surface area contributed by atoms with Gasteiger partial charge in [0.05, 0.1) is 11.2 Å². The van der Waals surface area contributed by atoms with Crippen LogP contribution in [0.1, 0.15) is 5.56 Å². The van der Waals surface area contributed by atoms with Crippen molar-refractivity contribution in [2.24, 2.45) is 0 Å². The minimum Gasteiger partial charge on any atom is -0.225 e. The average Bonchev–Trinajstić information content (AvgIpc) is 2.24. The van der Waals surface area contributed by atoms with Crippen molar-refractivity contribution in [2.75, 3.05) is 0 Å². The van der Waals surface area contributed by atoms with Gasteiger partial charge >= 0.3 is 0 Å². The maximum absolute atomic E-state index is 5.98. The maximum atomic E-state index is 5.98. The summed E-state index contributed by atoms with van der Waals surface area (Å²) < 4.78 is 0. The minimum atomic E-state index is 0.208. The van der Waals surface area contributed by atoms with E-state index in [0.29, 0.717) is 10.0 Å². The van der Waals surface area contributed by atoms with Gasteiger partial charge in [0.15, 0.2) is 0 Å². The van der Waals surface area contributed by atoms with E-state index in [4.69, 9.17) is 23.2 Å². The topological polar surface area (TPSA) is 25.8 Å². The molecule has 2 aromatic rings. The van der Waals surface area contributed by atoms with Crippen molar-refractivity contribution in [1.82, 2.24) is 9.97 Å². The van der Waals surface area contributed by atoms with E-state index in [1.807, 2.05) is 25.1 Å². The molecule has 2 nitrogen and oxygen atoms in total. The number of halogens is 2. The molecule has 0 bridgehead atoms.